The first-order valence-electron chi connectivity index (χ1n) is 7.90. The number of benzene rings is 1. The van der Waals surface area contributed by atoms with E-state index in [2.05, 4.69) is 17.1 Å². The van der Waals surface area contributed by atoms with E-state index in [1.165, 1.54) is 12.8 Å². The lowest BCUT2D eigenvalue weighted by molar-refractivity contribution is 0.0907. The van der Waals surface area contributed by atoms with Crippen molar-refractivity contribution in [1.29, 1.82) is 0 Å². The first-order valence-corrected chi connectivity index (χ1v) is 7.90. The van der Waals surface area contributed by atoms with Gasteiger partial charge in [0, 0.05) is 19.6 Å². The molecule has 0 saturated carbocycles. The summed E-state index contributed by atoms with van der Waals surface area (Å²) in [5.41, 5.74) is 1.58. The zero-order valence-corrected chi connectivity index (χ0v) is 13.1. The Balaban J connectivity index is 1.66. The Hall–Kier alpha value is -0.970. The van der Waals surface area contributed by atoms with E-state index in [0.29, 0.717) is 18.7 Å². The Morgan fingerprint density at radius 3 is 2.76 bits per heavy atom. The Kier molecular flexibility index (Phi) is 6.15. The summed E-state index contributed by atoms with van der Waals surface area (Å²) in [6.07, 6.45) is 2.08. The topological polar surface area (TPSA) is 35.5 Å². The number of aliphatic hydroxyl groups is 1. The van der Waals surface area contributed by atoms with Crippen molar-refractivity contribution in [3.63, 3.8) is 0 Å². The number of nitrogens with one attached hydrogen (secondary N) is 1. The fraction of sp³-hybridized carbons (Fsp3) is 0.647. The van der Waals surface area contributed by atoms with Crippen LogP contribution in [0, 0.1) is 18.7 Å². The molecule has 2 rings (SSSR count). The third-order valence-electron chi connectivity index (χ3n) is 4.29. The highest BCUT2D eigenvalue weighted by Gasteiger charge is 2.17. The number of β-amino-alcohol motifs (C(OH)–C–C–N with tert-alkyl or cyclic N) is 1. The molecular formula is C17H27FN2O. The fourth-order valence-corrected chi connectivity index (χ4v) is 2.74. The molecule has 1 unspecified atom stereocenters. The second-order valence-electron chi connectivity index (χ2n) is 6.35. The molecule has 0 aromatic heterocycles. The second kappa shape index (κ2) is 7.87. The summed E-state index contributed by atoms with van der Waals surface area (Å²) in [4.78, 5) is 2.33. The lowest BCUT2D eigenvalue weighted by Crippen LogP contribution is -2.41. The predicted molar refractivity (Wildman–Crippen MR) is 83.7 cm³/mol. The molecule has 1 atom stereocenters. The summed E-state index contributed by atoms with van der Waals surface area (Å²) in [5.74, 6) is 0.644. The third-order valence-corrected chi connectivity index (χ3v) is 4.29. The number of nitrogens with zero attached hydrogens (tertiary/aromatic N) is 1. The lowest BCUT2D eigenvalue weighted by Gasteiger charge is -2.31. The Morgan fingerprint density at radius 2 is 2.10 bits per heavy atom. The zero-order chi connectivity index (χ0) is 15.2. The smallest absolute Gasteiger partial charge is 0.126 e. The monoisotopic (exact) mass is 294 g/mol. The molecular weight excluding hydrogens is 267 g/mol. The molecule has 0 aliphatic carbocycles. The van der Waals surface area contributed by atoms with Crippen molar-refractivity contribution in [3.05, 3.63) is 35.1 Å². The van der Waals surface area contributed by atoms with E-state index in [9.17, 15) is 9.50 Å². The van der Waals surface area contributed by atoms with Crippen LogP contribution in [-0.2, 0) is 6.54 Å². The van der Waals surface area contributed by atoms with Crippen LogP contribution in [0.5, 0.6) is 0 Å². The molecule has 1 aromatic carbocycles. The number of hydrogen-bond acceptors (Lipinski definition) is 3. The van der Waals surface area contributed by atoms with E-state index in [0.717, 1.165) is 31.1 Å². The van der Waals surface area contributed by atoms with Gasteiger partial charge in [0.2, 0.25) is 0 Å². The molecule has 118 valence electrons. The molecule has 4 heteroatoms. The summed E-state index contributed by atoms with van der Waals surface area (Å²) in [6, 6.07) is 5.27. The van der Waals surface area contributed by atoms with Crippen LogP contribution in [0.25, 0.3) is 0 Å². The minimum Gasteiger partial charge on any atom is -0.390 e. The number of rotatable bonds is 6. The molecule has 1 fully saturated rings. The number of piperidine rings is 1. The molecule has 21 heavy (non-hydrogen) atoms. The molecule has 0 spiro atoms. The zero-order valence-electron chi connectivity index (χ0n) is 13.1. The van der Waals surface area contributed by atoms with Crippen LogP contribution in [0.4, 0.5) is 4.39 Å². The van der Waals surface area contributed by atoms with Gasteiger partial charge in [0.25, 0.3) is 0 Å². The van der Waals surface area contributed by atoms with Gasteiger partial charge in [-0.1, -0.05) is 19.1 Å². The van der Waals surface area contributed by atoms with E-state index >= 15 is 0 Å². The van der Waals surface area contributed by atoms with E-state index < -0.39 is 0 Å². The number of halogens is 1. The second-order valence-corrected chi connectivity index (χ2v) is 6.35. The maximum atomic E-state index is 13.4. The van der Waals surface area contributed by atoms with Crippen molar-refractivity contribution >= 4 is 0 Å². The molecule has 2 N–H and O–H groups in total. The van der Waals surface area contributed by atoms with Crippen molar-refractivity contribution in [2.24, 2.45) is 5.92 Å². The average Bonchev–Trinajstić information content (AvgIpc) is 2.45. The molecule has 0 bridgehead atoms. The van der Waals surface area contributed by atoms with Crippen molar-refractivity contribution in [2.75, 3.05) is 26.2 Å². The van der Waals surface area contributed by atoms with Crippen molar-refractivity contribution in [1.82, 2.24) is 10.2 Å². The van der Waals surface area contributed by atoms with Gasteiger partial charge in [-0.3, -0.25) is 0 Å². The first-order chi connectivity index (χ1) is 10.0. The van der Waals surface area contributed by atoms with Gasteiger partial charge in [-0.05, 0) is 56.0 Å². The maximum absolute atomic E-state index is 13.4. The van der Waals surface area contributed by atoms with Gasteiger partial charge in [-0.15, -0.1) is 0 Å². The first kappa shape index (κ1) is 16.4. The van der Waals surface area contributed by atoms with Crippen molar-refractivity contribution < 1.29 is 9.50 Å². The summed E-state index contributed by atoms with van der Waals surface area (Å²) in [7, 11) is 0. The van der Waals surface area contributed by atoms with Crippen LogP contribution < -0.4 is 5.32 Å². The van der Waals surface area contributed by atoms with Gasteiger partial charge in [0.1, 0.15) is 5.82 Å². The summed E-state index contributed by atoms with van der Waals surface area (Å²) >= 11 is 0. The van der Waals surface area contributed by atoms with Crippen molar-refractivity contribution in [3.8, 4) is 0 Å². The summed E-state index contributed by atoms with van der Waals surface area (Å²) in [6.45, 7) is 8.07. The van der Waals surface area contributed by atoms with Gasteiger partial charge < -0.3 is 15.3 Å². The summed E-state index contributed by atoms with van der Waals surface area (Å²) in [5, 5.41) is 13.3. The van der Waals surface area contributed by atoms with Crippen LogP contribution in [0.15, 0.2) is 18.2 Å². The Labute approximate surface area is 127 Å². The van der Waals surface area contributed by atoms with Crippen LogP contribution in [0.3, 0.4) is 0 Å². The van der Waals surface area contributed by atoms with E-state index in [4.69, 9.17) is 0 Å². The van der Waals surface area contributed by atoms with Gasteiger partial charge in [-0.2, -0.15) is 0 Å². The SMILES string of the molecule is Cc1ccc(CNCC(O)CN2CCC(C)CC2)cc1F. The molecule has 1 heterocycles. The van der Waals surface area contributed by atoms with Gasteiger partial charge >= 0.3 is 0 Å². The number of hydrogen-bond donors (Lipinski definition) is 2. The Morgan fingerprint density at radius 1 is 1.38 bits per heavy atom. The molecule has 1 aromatic rings. The fourth-order valence-electron chi connectivity index (χ4n) is 2.74. The quantitative estimate of drug-likeness (QED) is 0.845. The van der Waals surface area contributed by atoms with Crippen LogP contribution in [0.1, 0.15) is 30.9 Å². The highest BCUT2D eigenvalue weighted by Crippen LogP contribution is 2.15. The molecule has 0 amide bonds. The normalized spacial score (nSPS) is 18.9. The highest BCUT2D eigenvalue weighted by atomic mass is 19.1. The maximum Gasteiger partial charge on any atom is 0.126 e. The standard InChI is InChI=1S/C17H27FN2O/c1-13-5-7-20(8-6-13)12-16(21)11-19-10-15-4-3-14(2)17(18)9-15/h3-4,9,13,16,19,21H,5-8,10-12H2,1-2H3. The highest BCUT2D eigenvalue weighted by molar-refractivity contribution is 5.23. The van der Waals surface area contributed by atoms with Crippen LogP contribution in [0.2, 0.25) is 0 Å². The van der Waals surface area contributed by atoms with Crippen LogP contribution >= 0.6 is 0 Å². The lowest BCUT2D eigenvalue weighted by atomic mass is 9.99. The van der Waals surface area contributed by atoms with Gasteiger partial charge in [0.05, 0.1) is 6.10 Å². The summed E-state index contributed by atoms with van der Waals surface area (Å²) < 4.78 is 13.4. The third kappa shape index (κ3) is 5.38. The van der Waals surface area contributed by atoms with E-state index in [-0.39, 0.29) is 11.9 Å². The van der Waals surface area contributed by atoms with E-state index in [1.54, 1.807) is 19.1 Å². The van der Waals surface area contributed by atoms with Crippen molar-refractivity contribution in [2.45, 2.75) is 39.3 Å². The molecule has 0 radical (unpaired) electrons. The van der Waals surface area contributed by atoms with Gasteiger partial charge in [0.15, 0.2) is 0 Å². The van der Waals surface area contributed by atoms with Crippen LogP contribution in [-0.4, -0.2) is 42.3 Å². The molecule has 1 aliphatic heterocycles. The Bertz CT molecular complexity index is 444. The predicted octanol–water partition coefficient (Wildman–Crippen LogP) is 2.32. The average molecular weight is 294 g/mol. The number of aryl methyl sites for hydroxylation is 1. The minimum atomic E-state index is -0.367. The molecule has 1 aliphatic rings. The van der Waals surface area contributed by atoms with E-state index in [1.807, 2.05) is 6.07 Å². The molecule has 3 nitrogen and oxygen atoms in total. The minimum absolute atomic E-state index is 0.169. The van der Waals surface area contributed by atoms with Gasteiger partial charge in [-0.25, -0.2) is 4.39 Å². The number of aliphatic hydroxyl groups excluding tert-OH is 1. The molecule has 1 saturated heterocycles. The number of likely N-dealkylation sites (tertiary alicyclic amines) is 1. The largest absolute Gasteiger partial charge is 0.390 e.